The van der Waals surface area contributed by atoms with Crippen molar-refractivity contribution in [3.05, 3.63) is 54.1 Å². The van der Waals surface area contributed by atoms with Crippen molar-refractivity contribution in [3.63, 3.8) is 0 Å². The van der Waals surface area contributed by atoms with Gasteiger partial charge in [0.2, 0.25) is 5.91 Å². The second kappa shape index (κ2) is 11.0. The zero-order valence-corrected chi connectivity index (χ0v) is 19.8. The molecule has 2 amide bonds. The quantitative estimate of drug-likeness (QED) is 0.639. The van der Waals surface area contributed by atoms with Crippen LogP contribution in [0, 0.1) is 5.92 Å². The number of benzene rings is 2. The van der Waals surface area contributed by atoms with E-state index in [0.29, 0.717) is 37.6 Å². The first-order valence-corrected chi connectivity index (χ1v) is 12.2. The van der Waals surface area contributed by atoms with E-state index in [1.165, 1.54) is 0 Å². The van der Waals surface area contributed by atoms with Crippen molar-refractivity contribution in [2.75, 3.05) is 32.8 Å². The van der Waals surface area contributed by atoms with Gasteiger partial charge in [-0.15, -0.1) is 0 Å². The summed E-state index contributed by atoms with van der Waals surface area (Å²) < 4.78 is 19.2. The summed E-state index contributed by atoms with van der Waals surface area (Å²) in [6.45, 7) is 5.24. The molecule has 2 N–H and O–H groups in total. The third kappa shape index (κ3) is 5.95. The van der Waals surface area contributed by atoms with E-state index in [-0.39, 0.29) is 5.91 Å². The maximum Gasteiger partial charge on any atom is 0.254 e. The zero-order valence-electron chi connectivity index (χ0n) is 19.8. The minimum atomic E-state index is -0.776. The summed E-state index contributed by atoms with van der Waals surface area (Å²) in [7, 11) is 0. The molecule has 2 aliphatic heterocycles. The third-order valence-corrected chi connectivity index (χ3v) is 6.86. The zero-order chi connectivity index (χ0) is 24.1. The topological polar surface area (TPSA) is 75.9 Å². The Morgan fingerprint density at radius 3 is 2.21 bits per heavy atom. The lowest BCUT2D eigenvalue weighted by Gasteiger charge is -2.32. The monoisotopic (exact) mass is 467 g/mol. The molecule has 182 valence electrons. The van der Waals surface area contributed by atoms with E-state index in [0.717, 1.165) is 49.2 Å². The number of carbonyl (C=O) groups is 2. The van der Waals surface area contributed by atoms with Crippen LogP contribution in [-0.4, -0.2) is 66.6 Å². The van der Waals surface area contributed by atoms with Crippen LogP contribution in [-0.2, 0) is 4.79 Å². The highest BCUT2D eigenvalue weighted by atomic mass is 19.1. The first-order chi connectivity index (χ1) is 16.4. The molecule has 0 bridgehead atoms. The van der Waals surface area contributed by atoms with Crippen molar-refractivity contribution < 1.29 is 18.7 Å². The lowest BCUT2D eigenvalue weighted by molar-refractivity contribution is -0.121. The van der Waals surface area contributed by atoms with E-state index in [4.69, 9.17) is 10.5 Å². The Balaban J connectivity index is 1.29. The van der Waals surface area contributed by atoms with E-state index in [9.17, 15) is 14.0 Å². The first kappa shape index (κ1) is 24.2. The predicted octanol–water partition coefficient (Wildman–Crippen LogP) is 3.89. The van der Waals surface area contributed by atoms with Gasteiger partial charge in [-0.25, -0.2) is 4.39 Å². The highest BCUT2D eigenvalue weighted by Crippen LogP contribution is 2.26. The Hall–Kier alpha value is -2.93. The van der Waals surface area contributed by atoms with Gasteiger partial charge in [-0.05, 0) is 87.0 Å². The fourth-order valence-electron chi connectivity index (χ4n) is 4.93. The Labute approximate surface area is 200 Å². The van der Waals surface area contributed by atoms with Gasteiger partial charge in [0.15, 0.2) is 0 Å². The molecular formula is C27H34FN3O3. The second-order valence-electron chi connectivity index (χ2n) is 9.50. The van der Waals surface area contributed by atoms with Crippen molar-refractivity contribution in [1.29, 1.82) is 0 Å². The number of piperidine rings is 1. The normalized spacial score (nSPS) is 20.3. The number of rotatable bonds is 8. The molecule has 2 aliphatic rings. The first-order valence-electron chi connectivity index (χ1n) is 12.2. The molecule has 0 aliphatic carbocycles. The van der Waals surface area contributed by atoms with Gasteiger partial charge in [-0.1, -0.05) is 24.3 Å². The SMILES string of the molecule is CC(F)CN1CCC(COc2ccc(-c3ccc(C(=O)N4CCC[C@H]4C(N)=O)cc3)cc2)CC1. The van der Waals surface area contributed by atoms with Crippen molar-refractivity contribution in [1.82, 2.24) is 9.80 Å². The smallest absolute Gasteiger partial charge is 0.254 e. The molecule has 2 saturated heterocycles. The minimum Gasteiger partial charge on any atom is -0.493 e. The summed E-state index contributed by atoms with van der Waals surface area (Å²) in [6.07, 6.45) is 2.72. The fourth-order valence-corrected chi connectivity index (χ4v) is 4.93. The molecule has 0 spiro atoms. The van der Waals surface area contributed by atoms with E-state index in [2.05, 4.69) is 4.90 Å². The van der Waals surface area contributed by atoms with E-state index < -0.39 is 18.1 Å². The number of hydrogen-bond donors (Lipinski definition) is 1. The van der Waals surface area contributed by atoms with Crippen LogP contribution in [0.2, 0.25) is 0 Å². The average molecular weight is 468 g/mol. The van der Waals surface area contributed by atoms with Gasteiger partial charge in [-0.2, -0.15) is 0 Å². The molecule has 0 radical (unpaired) electrons. The number of primary amides is 1. The summed E-state index contributed by atoms with van der Waals surface area (Å²) in [5.74, 6) is 0.742. The molecule has 34 heavy (non-hydrogen) atoms. The molecule has 6 nitrogen and oxygen atoms in total. The number of hydrogen-bond acceptors (Lipinski definition) is 4. The van der Waals surface area contributed by atoms with E-state index >= 15 is 0 Å². The summed E-state index contributed by atoms with van der Waals surface area (Å²) >= 11 is 0. The number of ether oxygens (including phenoxy) is 1. The van der Waals surface area contributed by atoms with Crippen LogP contribution in [0.25, 0.3) is 11.1 Å². The summed E-state index contributed by atoms with van der Waals surface area (Å²) in [6, 6.07) is 14.9. The summed E-state index contributed by atoms with van der Waals surface area (Å²) in [4.78, 5) is 28.2. The van der Waals surface area contributed by atoms with E-state index in [1.54, 1.807) is 24.0 Å². The van der Waals surface area contributed by atoms with Crippen LogP contribution in [0.4, 0.5) is 4.39 Å². The van der Waals surface area contributed by atoms with Crippen LogP contribution >= 0.6 is 0 Å². The molecule has 1 unspecified atom stereocenters. The van der Waals surface area contributed by atoms with Crippen LogP contribution in [0.1, 0.15) is 43.0 Å². The van der Waals surface area contributed by atoms with Crippen LogP contribution in [0.3, 0.4) is 0 Å². The van der Waals surface area contributed by atoms with Gasteiger partial charge >= 0.3 is 0 Å². The highest BCUT2D eigenvalue weighted by molar-refractivity contribution is 5.98. The molecule has 2 aromatic carbocycles. The number of nitrogens with zero attached hydrogens (tertiary/aromatic N) is 2. The van der Waals surface area contributed by atoms with Crippen LogP contribution in [0.5, 0.6) is 5.75 Å². The van der Waals surface area contributed by atoms with E-state index in [1.807, 2.05) is 36.4 Å². The van der Waals surface area contributed by atoms with Crippen molar-refractivity contribution in [3.8, 4) is 16.9 Å². The lowest BCUT2D eigenvalue weighted by Crippen LogP contribution is -2.43. The highest BCUT2D eigenvalue weighted by Gasteiger charge is 2.33. The molecule has 0 aromatic heterocycles. The number of halogens is 1. The molecule has 0 saturated carbocycles. The maximum atomic E-state index is 13.2. The standard InChI is InChI=1S/C27H34FN3O3/c1-19(28)17-30-15-12-20(13-16-30)18-34-24-10-8-22(9-11-24)21-4-6-23(7-5-21)27(33)31-14-2-3-25(31)26(29)32/h4-11,19-20,25H,2-3,12-18H2,1H3,(H2,29,32)/t19?,25-/m0/s1. The number of likely N-dealkylation sites (tertiary alicyclic amines) is 2. The number of carbonyl (C=O) groups excluding carboxylic acids is 2. The third-order valence-electron chi connectivity index (χ3n) is 6.86. The summed E-state index contributed by atoms with van der Waals surface area (Å²) in [5.41, 5.74) is 8.05. The van der Waals surface area contributed by atoms with Gasteiger partial charge in [0.1, 0.15) is 18.0 Å². The molecular weight excluding hydrogens is 433 g/mol. The minimum absolute atomic E-state index is 0.151. The van der Waals surface area contributed by atoms with Crippen molar-refractivity contribution in [2.45, 2.75) is 44.8 Å². The second-order valence-corrected chi connectivity index (χ2v) is 9.50. The Bertz CT molecular complexity index is 970. The van der Waals surface area contributed by atoms with Gasteiger partial charge < -0.3 is 20.3 Å². The molecule has 2 fully saturated rings. The van der Waals surface area contributed by atoms with Gasteiger partial charge in [0.05, 0.1) is 6.61 Å². The van der Waals surface area contributed by atoms with Crippen LogP contribution < -0.4 is 10.5 Å². The molecule has 2 heterocycles. The Kier molecular flexibility index (Phi) is 7.83. The number of amides is 2. The van der Waals surface area contributed by atoms with Gasteiger partial charge in [0, 0.05) is 18.7 Å². The van der Waals surface area contributed by atoms with Crippen molar-refractivity contribution in [2.24, 2.45) is 11.7 Å². The Morgan fingerprint density at radius 2 is 1.62 bits per heavy atom. The molecule has 4 rings (SSSR count). The fraction of sp³-hybridized carbons (Fsp3) is 0.481. The molecule has 7 heteroatoms. The van der Waals surface area contributed by atoms with Gasteiger partial charge in [0.25, 0.3) is 5.91 Å². The van der Waals surface area contributed by atoms with Crippen molar-refractivity contribution >= 4 is 11.8 Å². The maximum absolute atomic E-state index is 13.2. The molecule has 2 aromatic rings. The molecule has 2 atom stereocenters. The summed E-state index contributed by atoms with van der Waals surface area (Å²) in [5, 5.41) is 0. The van der Waals surface area contributed by atoms with Crippen LogP contribution in [0.15, 0.2) is 48.5 Å². The predicted molar refractivity (Wildman–Crippen MR) is 130 cm³/mol. The average Bonchev–Trinajstić information content (AvgIpc) is 3.34. The number of alkyl halides is 1. The Morgan fingerprint density at radius 1 is 1.00 bits per heavy atom. The number of nitrogens with two attached hydrogens (primary N) is 1. The lowest BCUT2D eigenvalue weighted by atomic mass is 9.97. The van der Waals surface area contributed by atoms with Gasteiger partial charge in [-0.3, -0.25) is 9.59 Å². The largest absolute Gasteiger partial charge is 0.493 e.